The number of rotatable bonds is 6. The molecule has 0 aliphatic carbocycles. The van der Waals surface area contributed by atoms with E-state index < -0.39 is 0 Å². The Labute approximate surface area is 154 Å². The van der Waals surface area contributed by atoms with Gasteiger partial charge in [-0.05, 0) is 67.6 Å². The number of nitrogens with one attached hydrogen (secondary N) is 1. The highest BCUT2D eigenvalue weighted by Crippen LogP contribution is 2.25. The standard InChI is InChI=1S/C22H22N4/c1-4-17-7-8-18(14-16(17)3)22-19(6-5-12-24-22)20(23)9-10-21-15(2)11-13-25-26-21/h4-8,11-14,23H,1,9-10H2,2-3H3. The highest BCUT2D eigenvalue weighted by atomic mass is 15.1. The largest absolute Gasteiger partial charge is 0.305 e. The van der Waals surface area contributed by atoms with Crippen LogP contribution in [-0.2, 0) is 6.42 Å². The van der Waals surface area contributed by atoms with E-state index in [0.717, 1.165) is 39.2 Å². The molecule has 130 valence electrons. The second-order valence-corrected chi connectivity index (χ2v) is 6.31. The van der Waals surface area contributed by atoms with Crippen molar-refractivity contribution in [1.82, 2.24) is 15.2 Å². The Bertz CT molecular complexity index is 960. The lowest BCUT2D eigenvalue weighted by atomic mass is 9.96. The van der Waals surface area contributed by atoms with Gasteiger partial charge in [-0.15, -0.1) is 0 Å². The molecule has 0 bridgehead atoms. The summed E-state index contributed by atoms with van der Waals surface area (Å²) in [6.07, 6.45) is 6.61. The number of hydrogen-bond donors (Lipinski definition) is 1. The second-order valence-electron chi connectivity index (χ2n) is 6.31. The van der Waals surface area contributed by atoms with E-state index in [1.807, 2.05) is 43.3 Å². The van der Waals surface area contributed by atoms with Gasteiger partial charge in [0.1, 0.15) is 0 Å². The van der Waals surface area contributed by atoms with Crippen molar-refractivity contribution in [1.29, 1.82) is 5.41 Å². The van der Waals surface area contributed by atoms with Crippen molar-refractivity contribution in [2.24, 2.45) is 0 Å². The third kappa shape index (κ3) is 3.75. The van der Waals surface area contributed by atoms with E-state index in [0.29, 0.717) is 18.6 Å². The van der Waals surface area contributed by atoms with Crippen LogP contribution in [0.4, 0.5) is 0 Å². The van der Waals surface area contributed by atoms with Crippen LogP contribution in [-0.4, -0.2) is 20.9 Å². The topological polar surface area (TPSA) is 62.5 Å². The summed E-state index contributed by atoms with van der Waals surface area (Å²) in [4.78, 5) is 4.54. The van der Waals surface area contributed by atoms with E-state index in [1.165, 1.54) is 0 Å². The van der Waals surface area contributed by atoms with E-state index in [9.17, 15) is 0 Å². The number of nitrogens with zero attached hydrogens (tertiary/aromatic N) is 3. The maximum Gasteiger partial charge on any atom is 0.0792 e. The molecule has 3 aromatic rings. The Hall–Kier alpha value is -3.14. The zero-order chi connectivity index (χ0) is 18.5. The normalized spacial score (nSPS) is 10.5. The van der Waals surface area contributed by atoms with Crippen LogP contribution >= 0.6 is 0 Å². The lowest BCUT2D eigenvalue weighted by molar-refractivity contribution is 0.871. The zero-order valence-corrected chi connectivity index (χ0v) is 15.2. The minimum absolute atomic E-state index is 0.559. The molecule has 0 saturated heterocycles. The van der Waals surface area contributed by atoms with Gasteiger partial charge in [-0.1, -0.05) is 24.8 Å². The molecule has 1 aromatic carbocycles. The van der Waals surface area contributed by atoms with Gasteiger partial charge < -0.3 is 5.41 Å². The molecular formula is C22H22N4. The highest BCUT2D eigenvalue weighted by Gasteiger charge is 2.12. The zero-order valence-electron chi connectivity index (χ0n) is 15.2. The van der Waals surface area contributed by atoms with Gasteiger partial charge in [-0.2, -0.15) is 10.2 Å². The van der Waals surface area contributed by atoms with Gasteiger partial charge in [0.2, 0.25) is 0 Å². The van der Waals surface area contributed by atoms with E-state index >= 15 is 0 Å². The first kappa shape index (κ1) is 17.7. The molecule has 4 nitrogen and oxygen atoms in total. The first-order chi connectivity index (χ1) is 12.6. The highest BCUT2D eigenvalue weighted by molar-refractivity contribution is 6.03. The van der Waals surface area contributed by atoms with Crippen LogP contribution in [0.25, 0.3) is 17.3 Å². The van der Waals surface area contributed by atoms with Crippen molar-refractivity contribution in [3.63, 3.8) is 0 Å². The van der Waals surface area contributed by atoms with E-state index in [1.54, 1.807) is 12.4 Å². The second kappa shape index (κ2) is 7.83. The van der Waals surface area contributed by atoms with Gasteiger partial charge in [0, 0.05) is 29.2 Å². The summed E-state index contributed by atoms with van der Waals surface area (Å²) in [6, 6.07) is 12.0. The van der Waals surface area contributed by atoms with Crippen LogP contribution in [0.2, 0.25) is 0 Å². The van der Waals surface area contributed by atoms with Crippen molar-refractivity contribution in [3.8, 4) is 11.3 Å². The average Bonchev–Trinajstić information content (AvgIpc) is 2.67. The summed E-state index contributed by atoms with van der Waals surface area (Å²) < 4.78 is 0. The Balaban J connectivity index is 1.87. The number of hydrogen-bond acceptors (Lipinski definition) is 4. The fourth-order valence-corrected chi connectivity index (χ4v) is 2.98. The molecule has 0 aliphatic rings. The molecule has 2 heterocycles. The predicted octanol–water partition coefficient (Wildman–Crippen LogP) is 4.80. The quantitative estimate of drug-likeness (QED) is 0.655. The Morgan fingerprint density at radius 1 is 1.12 bits per heavy atom. The Morgan fingerprint density at radius 2 is 1.96 bits per heavy atom. The monoisotopic (exact) mass is 342 g/mol. The molecule has 3 rings (SSSR count). The summed E-state index contributed by atoms with van der Waals surface area (Å²) >= 11 is 0. The van der Waals surface area contributed by atoms with Gasteiger partial charge in [0.25, 0.3) is 0 Å². The van der Waals surface area contributed by atoms with Crippen molar-refractivity contribution in [3.05, 3.63) is 83.3 Å². The summed E-state index contributed by atoms with van der Waals surface area (Å²) in [7, 11) is 0. The molecule has 0 fully saturated rings. The molecule has 26 heavy (non-hydrogen) atoms. The summed E-state index contributed by atoms with van der Waals surface area (Å²) in [5.41, 5.74) is 7.58. The molecule has 0 spiro atoms. The number of benzene rings is 1. The fraction of sp³-hybridized carbons (Fsp3) is 0.182. The van der Waals surface area contributed by atoms with Crippen LogP contribution in [0.15, 0.2) is 55.4 Å². The van der Waals surface area contributed by atoms with Crippen molar-refractivity contribution >= 4 is 11.8 Å². The number of aryl methyl sites for hydroxylation is 3. The van der Waals surface area contributed by atoms with Crippen LogP contribution in [0.1, 0.15) is 34.4 Å². The summed E-state index contributed by atoms with van der Waals surface area (Å²) in [6.45, 7) is 7.92. The molecule has 0 atom stereocenters. The molecule has 1 N–H and O–H groups in total. The number of pyridine rings is 1. The van der Waals surface area contributed by atoms with E-state index in [2.05, 4.69) is 34.8 Å². The van der Waals surface area contributed by atoms with E-state index in [4.69, 9.17) is 5.41 Å². The predicted molar refractivity (Wildman–Crippen MR) is 106 cm³/mol. The van der Waals surface area contributed by atoms with Gasteiger partial charge in [0.05, 0.1) is 11.4 Å². The summed E-state index contributed by atoms with van der Waals surface area (Å²) in [5, 5.41) is 16.7. The van der Waals surface area contributed by atoms with Gasteiger partial charge in [-0.25, -0.2) is 0 Å². The van der Waals surface area contributed by atoms with Gasteiger partial charge >= 0.3 is 0 Å². The Morgan fingerprint density at radius 3 is 2.69 bits per heavy atom. The smallest absolute Gasteiger partial charge is 0.0792 e. The Kier molecular flexibility index (Phi) is 5.32. The van der Waals surface area contributed by atoms with Crippen LogP contribution in [0.5, 0.6) is 0 Å². The molecule has 0 amide bonds. The average molecular weight is 342 g/mol. The van der Waals surface area contributed by atoms with Crippen LogP contribution in [0.3, 0.4) is 0 Å². The number of aromatic nitrogens is 3. The van der Waals surface area contributed by atoms with E-state index in [-0.39, 0.29) is 0 Å². The van der Waals surface area contributed by atoms with Crippen LogP contribution < -0.4 is 0 Å². The third-order valence-corrected chi connectivity index (χ3v) is 4.53. The van der Waals surface area contributed by atoms with Crippen molar-refractivity contribution in [2.45, 2.75) is 26.7 Å². The first-order valence-electron chi connectivity index (χ1n) is 8.63. The maximum atomic E-state index is 8.57. The third-order valence-electron chi connectivity index (χ3n) is 4.53. The molecule has 0 unspecified atom stereocenters. The van der Waals surface area contributed by atoms with Crippen LogP contribution in [0, 0.1) is 19.3 Å². The lowest BCUT2D eigenvalue weighted by Crippen LogP contribution is -2.07. The minimum Gasteiger partial charge on any atom is -0.305 e. The van der Waals surface area contributed by atoms with Gasteiger partial charge in [-0.3, -0.25) is 4.98 Å². The van der Waals surface area contributed by atoms with Gasteiger partial charge in [0.15, 0.2) is 0 Å². The molecule has 4 heteroatoms. The molecule has 0 radical (unpaired) electrons. The SMILES string of the molecule is C=Cc1ccc(-c2ncccc2C(=N)CCc2nnccc2C)cc1C. The fourth-order valence-electron chi connectivity index (χ4n) is 2.98. The minimum atomic E-state index is 0.559. The maximum absolute atomic E-state index is 8.57. The molecule has 0 aliphatic heterocycles. The molecule has 2 aromatic heterocycles. The van der Waals surface area contributed by atoms with Crippen molar-refractivity contribution < 1.29 is 0 Å². The summed E-state index contributed by atoms with van der Waals surface area (Å²) in [5.74, 6) is 0. The lowest BCUT2D eigenvalue weighted by Gasteiger charge is -2.12. The first-order valence-corrected chi connectivity index (χ1v) is 8.63. The van der Waals surface area contributed by atoms with Crippen molar-refractivity contribution in [2.75, 3.05) is 0 Å². The molecule has 0 saturated carbocycles. The molecular weight excluding hydrogens is 320 g/mol.